The molecule has 1 rings (SSSR count). The van der Waals surface area contributed by atoms with Gasteiger partial charge in [-0.05, 0) is 51.8 Å². The molecule has 1 amide bonds. The first kappa shape index (κ1) is 58.6. The van der Waals surface area contributed by atoms with E-state index in [-0.39, 0.29) is 48.9 Å². The molecule has 63 heavy (non-hydrogen) atoms. The maximum Gasteiger partial charge on any atom is 0.308 e. The van der Waals surface area contributed by atoms with Crippen LogP contribution in [-0.4, -0.2) is 74.1 Å². The van der Waals surface area contributed by atoms with Crippen molar-refractivity contribution in [3.05, 3.63) is 35.9 Å². The number of rotatable bonds is 45. The predicted molar refractivity (Wildman–Crippen MR) is 268 cm³/mol. The number of benzene rings is 1. The number of unbranched alkanes of at least 4 members (excludes halogenated alkanes) is 24. The van der Waals surface area contributed by atoms with E-state index in [2.05, 4.69) is 44.7 Å². The Morgan fingerprint density at radius 3 is 1.10 bits per heavy atom. The van der Waals surface area contributed by atoms with E-state index in [1.54, 1.807) is 4.90 Å². The molecule has 0 aromatic heterocycles. The average molecular weight is 883 g/mol. The van der Waals surface area contributed by atoms with E-state index in [0.717, 1.165) is 57.8 Å². The van der Waals surface area contributed by atoms with Gasteiger partial charge >= 0.3 is 11.9 Å². The third-order valence-electron chi connectivity index (χ3n) is 13.3. The lowest BCUT2D eigenvalue weighted by molar-refractivity contribution is -0.152. The predicted octanol–water partition coefficient (Wildman–Crippen LogP) is 15.3. The summed E-state index contributed by atoms with van der Waals surface area (Å²) in [7, 11) is 4.06. The van der Waals surface area contributed by atoms with Gasteiger partial charge in [0.1, 0.15) is 13.2 Å². The van der Waals surface area contributed by atoms with Gasteiger partial charge < -0.3 is 19.3 Å². The molecular formula is C56H102N2O5. The first-order chi connectivity index (χ1) is 30.8. The quantitative estimate of drug-likeness (QED) is 0.0480. The number of hydrogen-bond donors (Lipinski definition) is 0. The Morgan fingerprint density at radius 2 is 0.778 bits per heavy atom. The zero-order chi connectivity index (χ0) is 46.0. The molecule has 0 saturated carbocycles. The molecule has 1 aromatic rings. The van der Waals surface area contributed by atoms with Gasteiger partial charge in [-0.2, -0.15) is 0 Å². The van der Waals surface area contributed by atoms with Gasteiger partial charge in [-0.3, -0.25) is 14.4 Å². The summed E-state index contributed by atoms with van der Waals surface area (Å²) in [6.07, 6.45) is 39.0. The van der Waals surface area contributed by atoms with Crippen LogP contribution in [0.15, 0.2) is 30.3 Å². The highest BCUT2D eigenvalue weighted by Crippen LogP contribution is 2.23. The van der Waals surface area contributed by atoms with Crippen molar-refractivity contribution in [2.75, 3.05) is 40.4 Å². The maximum atomic E-state index is 14.2. The molecular weight excluding hydrogens is 781 g/mol. The van der Waals surface area contributed by atoms with E-state index in [4.69, 9.17) is 9.47 Å². The van der Waals surface area contributed by atoms with Gasteiger partial charge in [-0.1, -0.05) is 238 Å². The smallest absolute Gasteiger partial charge is 0.308 e. The van der Waals surface area contributed by atoms with Gasteiger partial charge in [0.25, 0.3) is 0 Å². The van der Waals surface area contributed by atoms with Crippen molar-refractivity contribution in [3.63, 3.8) is 0 Å². The summed E-state index contributed by atoms with van der Waals surface area (Å²) >= 11 is 0. The van der Waals surface area contributed by atoms with Crippen molar-refractivity contribution in [1.82, 2.24) is 9.80 Å². The number of carbonyl (C=O) groups is 3. The Hall–Kier alpha value is -2.41. The van der Waals surface area contributed by atoms with Crippen molar-refractivity contribution in [2.45, 2.75) is 252 Å². The number of carbonyl (C=O) groups excluding carboxylic acids is 3. The Morgan fingerprint density at radius 1 is 0.460 bits per heavy atom. The molecule has 7 heteroatoms. The minimum Gasteiger partial charge on any atom is -0.464 e. The zero-order valence-corrected chi connectivity index (χ0v) is 42.4. The van der Waals surface area contributed by atoms with E-state index in [1.165, 1.54) is 160 Å². The summed E-state index contributed by atoms with van der Waals surface area (Å²) in [6.45, 7) is 9.93. The van der Waals surface area contributed by atoms with Crippen molar-refractivity contribution < 1.29 is 23.9 Å². The standard InChI is InChI=1S/C56H102N2O5/c1-7-11-15-19-23-27-34-40-51(41-35-28-24-20-16-12-8-2)55(60)62-46-44-58(54(59)49-53(57(5)6)48-50-38-32-31-33-39-50)45-47-63-56(61)52(42-36-29-25-21-17-13-9-3)43-37-30-26-22-18-14-10-4/h31-33,38-39,51-53H,7-30,34-37,40-49H2,1-6H3. The zero-order valence-electron chi connectivity index (χ0n) is 42.4. The van der Waals surface area contributed by atoms with Crippen molar-refractivity contribution in [3.8, 4) is 0 Å². The van der Waals surface area contributed by atoms with Crippen LogP contribution in [0.5, 0.6) is 0 Å². The number of likely N-dealkylation sites (N-methyl/N-ethyl adjacent to an activating group) is 1. The summed E-state index contributed by atoms with van der Waals surface area (Å²) in [5, 5.41) is 0. The Labute approximate surface area is 390 Å². The summed E-state index contributed by atoms with van der Waals surface area (Å²) < 4.78 is 12.1. The molecule has 0 N–H and O–H groups in total. The van der Waals surface area contributed by atoms with Crippen LogP contribution in [0.1, 0.15) is 245 Å². The van der Waals surface area contributed by atoms with Crippen LogP contribution in [0, 0.1) is 11.8 Å². The van der Waals surface area contributed by atoms with Crippen LogP contribution in [0.25, 0.3) is 0 Å². The molecule has 1 unspecified atom stereocenters. The van der Waals surface area contributed by atoms with E-state index in [1.807, 2.05) is 32.3 Å². The molecule has 0 fully saturated rings. The number of nitrogens with zero attached hydrogens (tertiary/aromatic N) is 2. The minimum atomic E-state index is -0.111. The molecule has 0 aliphatic heterocycles. The van der Waals surface area contributed by atoms with Crippen LogP contribution in [0.2, 0.25) is 0 Å². The Bertz CT molecular complexity index is 1100. The number of hydrogen-bond acceptors (Lipinski definition) is 6. The SMILES string of the molecule is CCCCCCCCCC(CCCCCCCCC)C(=O)OCCN(CCOC(=O)C(CCCCCCCCC)CCCCCCCCC)C(=O)CC(Cc1ccccc1)N(C)C. The maximum absolute atomic E-state index is 14.2. The van der Waals surface area contributed by atoms with Crippen molar-refractivity contribution >= 4 is 17.8 Å². The second kappa shape index (κ2) is 42.2. The van der Waals surface area contributed by atoms with Gasteiger partial charge in [0.15, 0.2) is 0 Å². The minimum absolute atomic E-state index is 0.00196. The summed E-state index contributed by atoms with van der Waals surface area (Å²) in [5.74, 6) is -0.397. The van der Waals surface area contributed by atoms with E-state index in [9.17, 15) is 14.4 Å². The average Bonchev–Trinajstić information content (AvgIpc) is 3.28. The fourth-order valence-corrected chi connectivity index (χ4v) is 8.92. The van der Waals surface area contributed by atoms with Gasteiger partial charge in [-0.15, -0.1) is 0 Å². The van der Waals surface area contributed by atoms with E-state index >= 15 is 0 Å². The lowest BCUT2D eigenvalue weighted by Gasteiger charge is -2.29. The molecule has 1 atom stereocenters. The molecule has 7 nitrogen and oxygen atoms in total. The fraction of sp³-hybridized carbons (Fsp3) is 0.839. The summed E-state index contributed by atoms with van der Waals surface area (Å²) in [5.41, 5.74) is 1.19. The normalized spacial score (nSPS) is 12.1. The first-order valence-corrected chi connectivity index (χ1v) is 27.1. The summed E-state index contributed by atoms with van der Waals surface area (Å²) in [6, 6.07) is 10.3. The lowest BCUT2D eigenvalue weighted by Crippen LogP contribution is -2.42. The van der Waals surface area contributed by atoms with Crippen LogP contribution in [0.4, 0.5) is 0 Å². The second-order valence-electron chi connectivity index (χ2n) is 19.3. The third kappa shape index (κ3) is 32.8. The molecule has 0 saturated heterocycles. The Balaban J connectivity index is 2.99. The molecule has 366 valence electrons. The van der Waals surface area contributed by atoms with Gasteiger partial charge in [-0.25, -0.2) is 0 Å². The lowest BCUT2D eigenvalue weighted by atomic mass is 9.94. The van der Waals surface area contributed by atoms with Crippen LogP contribution in [-0.2, 0) is 30.3 Å². The monoisotopic (exact) mass is 883 g/mol. The fourth-order valence-electron chi connectivity index (χ4n) is 8.92. The van der Waals surface area contributed by atoms with Gasteiger partial charge in [0, 0.05) is 12.5 Å². The summed E-state index contributed by atoms with van der Waals surface area (Å²) in [4.78, 5) is 45.5. The Kier molecular flexibility index (Phi) is 39.3. The highest BCUT2D eigenvalue weighted by molar-refractivity contribution is 5.77. The molecule has 1 aromatic carbocycles. The molecule has 0 radical (unpaired) electrons. The van der Waals surface area contributed by atoms with Crippen LogP contribution in [0.3, 0.4) is 0 Å². The van der Waals surface area contributed by atoms with Crippen molar-refractivity contribution in [2.24, 2.45) is 11.8 Å². The van der Waals surface area contributed by atoms with Crippen LogP contribution < -0.4 is 0 Å². The molecule has 0 spiro atoms. The van der Waals surface area contributed by atoms with Crippen molar-refractivity contribution in [1.29, 1.82) is 0 Å². The number of esters is 2. The van der Waals surface area contributed by atoms with Gasteiger partial charge in [0.05, 0.1) is 24.9 Å². The molecule has 0 aliphatic carbocycles. The molecule has 0 bridgehead atoms. The largest absolute Gasteiger partial charge is 0.464 e. The van der Waals surface area contributed by atoms with E-state index < -0.39 is 0 Å². The second-order valence-corrected chi connectivity index (χ2v) is 19.3. The van der Waals surface area contributed by atoms with Gasteiger partial charge in [0.2, 0.25) is 5.91 Å². The number of amides is 1. The highest BCUT2D eigenvalue weighted by Gasteiger charge is 2.25. The first-order valence-electron chi connectivity index (χ1n) is 27.1. The highest BCUT2D eigenvalue weighted by atomic mass is 16.5. The van der Waals surface area contributed by atoms with Crippen LogP contribution >= 0.6 is 0 Å². The number of ether oxygens (including phenoxy) is 2. The third-order valence-corrected chi connectivity index (χ3v) is 13.3. The molecule has 0 heterocycles. The topological polar surface area (TPSA) is 76.1 Å². The van der Waals surface area contributed by atoms with E-state index in [0.29, 0.717) is 19.5 Å². The molecule has 0 aliphatic rings.